The van der Waals surface area contributed by atoms with Crippen LogP contribution in [0.1, 0.15) is 41.6 Å². The van der Waals surface area contributed by atoms with Crippen LogP contribution in [-0.2, 0) is 4.79 Å². The molecule has 5 heteroatoms. The smallest absolute Gasteiger partial charge is 0.306 e. The fraction of sp³-hybridized carbons (Fsp3) is 0.500. The molecule has 1 amide bonds. The molecule has 2 N–H and O–H groups in total. The molecule has 0 radical (unpaired) electrons. The van der Waals surface area contributed by atoms with Gasteiger partial charge in [0.2, 0.25) is 0 Å². The number of benzene rings is 1. The summed E-state index contributed by atoms with van der Waals surface area (Å²) < 4.78 is 0.928. The third-order valence-corrected chi connectivity index (χ3v) is 5.12. The number of hydrogen-bond acceptors (Lipinski definition) is 2. The molecule has 0 unspecified atom stereocenters. The fourth-order valence-electron chi connectivity index (χ4n) is 2.80. The lowest BCUT2D eigenvalue weighted by atomic mass is 9.82. The van der Waals surface area contributed by atoms with Crippen LogP contribution in [0, 0.1) is 18.8 Å². The highest BCUT2D eigenvalue weighted by Crippen LogP contribution is 2.28. The molecule has 0 atom stereocenters. The highest BCUT2D eigenvalue weighted by Gasteiger charge is 2.26. The van der Waals surface area contributed by atoms with Crippen molar-refractivity contribution >= 4 is 27.8 Å². The van der Waals surface area contributed by atoms with Crippen molar-refractivity contribution in [2.45, 2.75) is 32.6 Å². The van der Waals surface area contributed by atoms with Gasteiger partial charge in [-0.15, -0.1) is 0 Å². The predicted octanol–water partition coefficient (Wildman–Crippen LogP) is 3.38. The van der Waals surface area contributed by atoms with Crippen molar-refractivity contribution in [2.75, 3.05) is 6.54 Å². The second-order valence-corrected chi connectivity index (χ2v) is 6.53. The number of aliphatic carboxylic acids is 1. The van der Waals surface area contributed by atoms with Crippen LogP contribution < -0.4 is 5.32 Å². The molecule has 1 aromatic carbocycles. The maximum atomic E-state index is 12.2. The van der Waals surface area contributed by atoms with Crippen LogP contribution in [0.3, 0.4) is 0 Å². The average molecular weight is 354 g/mol. The highest BCUT2D eigenvalue weighted by molar-refractivity contribution is 9.10. The molecule has 4 nitrogen and oxygen atoms in total. The van der Waals surface area contributed by atoms with Crippen molar-refractivity contribution in [1.82, 2.24) is 5.32 Å². The molecule has 1 saturated carbocycles. The Morgan fingerprint density at radius 1 is 1.29 bits per heavy atom. The summed E-state index contributed by atoms with van der Waals surface area (Å²) in [6.45, 7) is 2.54. The molecule has 0 bridgehead atoms. The van der Waals surface area contributed by atoms with Gasteiger partial charge in [-0.3, -0.25) is 9.59 Å². The van der Waals surface area contributed by atoms with Crippen molar-refractivity contribution in [3.63, 3.8) is 0 Å². The zero-order valence-corrected chi connectivity index (χ0v) is 13.6. The van der Waals surface area contributed by atoms with E-state index in [2.05, 4.69) is 21.2 Å². The van der Waals surface area contributed by atoms with Gasteiger partial charge in [-0.2, -0.15) is 0 Å². The van der Waals surface area contributed by atoms with Crippen LogP contribution in [0.2, 0.25) is 0 Å². The summed E-state index contributed by atoms with van der Waals surface area (Å²) >= 11 is 3.43. The van der Waals surface area contributed by atoms with Gasteiger partial charge >= 0.3 is 5.97 Å². The Kier molecular flexibility index (Phi) is 5.39. The van der Waals surface area contributed by atoms with Gasteiger partial charge < -0.3 is 10.4 Å². The third kappa shape index (κ3) is 4.06. The Labute approximate surface area is 133 Å². The Hall–Kier alpha value is -1.36. The molecule has 0 aliphatic heterocycles. The average Bonchev–Trinajstić information content (AvgIpc) is 2.48. The molecule has 21 heavy (non-hydrogen) atoms. The minimum Gasteiger partial charge on any atom is -0.481 e. The third-order valence-electron chi connectivity index (χ3n) is 4.26. The Bertz CT molecular complexity index is 536. The normalized spacial score (nSPS) is 21.8. The lowest BCUT2D eigenvalue weighted by Gasteiger charge is -2.26. The summed E-state index contributed by atoms with van der Waals surface area (Å²) in [6.07, 6.45) is 3.17. The van der Waals surface area contributed by atoms with Crippen LogP contribution in [0.5, 0.6) is 0 Å². The fourth-order valence-corrected chi connectivity index (χ4v) is 3.17. The molecule has 114 valence electrons. The molecular weight excluding hydrogens is 334 g/mol. The minimum atomic E-state index is -0.692. The van der Waals surface area contributed by atoms with Gasteiger partial charge in [0, 0.05) is 16.6 Å². The summed E-state index contributed by atoms with van der Waals surface area (Å²) in [5, 5.41) is 11.9. The molecule has 1 fully saturated rings. The van der Waals surface area contributed by atoms with Gasteiger partial charge in [-0.1, -0.05) is 22.0 Å². The number of hydrogen-bond donors (Lipinski definition) is 2. The van der Waals surface area contributed by atoms with Crippen LogP contribution >= 0.6 is 15.9 Å². The van der Waals surface area contributed by atoms with E-state index in [9.17, 15) is 9.59 Å². The van der Waals surface area contributed by atoms with Crippen molar-refractivity contribution in [3.05, 3.63) is 33.8 Å². The van der Waals surface area contributed by atoms with Crippen molar-refractivity contribution in [3.8, 4) is 0 Å². The van der Waals surface area contributed by atoms with Gasteiger partial charge in [0.1, 0.15) is 0 Å². The largest absolute Gasteiger partial charge is 0.481 e. The molecule has 0 spiro atoms. The first-order valence-electron chi connectivity index (χ1n) is 7.25. The molecule has 0 saturated heterocycles. The topological polar surface area (TPSA) is 66.4 Å². The summed E-state index contributed by atoms with van der Waals surface area (Å²) in [7, 11) is 0. The Morgan fingerprint density at radius 3 is 2.57 bits per heavy atom. The molecular formula is C16H20BrNO3. The van der Waals surface area contributed by atoms with Crippen LogP contribution in [0.15, 0.2) is 22.7 Å². The lowest BCUT2D eigenvalue weighted by Crippen LogP contribution is -2.32. The van der Waals surface area contributed by atoms with Gasteiger partial charge in [0.25, 0.3) is 5.91 Å². The van der Waals surface area contributed by atoms with E-state index in [0.717, 1.165) is 22.9 Å². The summed E-state index contributed by atoms with van der Waals surface area (Å²) in [5.74, 6) is -0.572. The van der Waals surface area contributed by atoms with Crippen molar-refractivity contribution in [2.24, 2.45) is 11.8 Å². The van der Waals surface area contributed by atoms with Gasteiger partial charge in [0.05, 0.1) is 5.92 Å². The number of carbonyl (C=O) groups excluding carboxylic acids is 1. The summed E-state index contributed by atoms with van der Waals surface area (Å²) in [6, 6.07) is 5.58. The van der Waals surface area contributed by atoms with E-state index in [1.54, 1.807) is 0 Å². The second kappa shape index (κ2) is 7.07. The SMILES string of the molecule is Cc1c(Br)cccc1C(=O)NCC1CCC(C(=O)O)CC1. The summed E-state index contributed by atoms with van der Waals surface area (Å²) in [5.41, 5.74) is 1.62. The number of halogens is 1. The molecule has 0 aromatic heterocycles. The van der Waals surface area contributed by atoms with Crippen LogP contribution in [0.25, 0.3) is 0 Å². The predicted molar refractivity (Wildman–Crippen MR) is 84.3 cm³/mol. The standard InChI is InChI=1S/C16H20BrNO3/c1-10-13(3-2-4-14(10)17)15(19)18-9-11-5-7-12(8-6-11)16(20)21/h2-4,11-12H,5-9H2,1H3,(H,18,19)(H,20,21). The molecule has 1 aliphatic carbocycles. The highest BCUT2D eigenvalue weighted by atomic mass is 79.9. The maximum absolute atomic E-state index is 12.2. The van der Waals surface area contributed by atoms with E-state index < -0.39 is 5.97 Å². The molecule has 1 aliphatic rings. The van der Waals surface area contributed by atoms with E-state index in [1.165, 1.54) is 0 Å². The maximum Gasteiger partial charge on any atom is 0.306 e. The Morgan fingerprint density at radius 2 is 1.95 bits per heavy atom. The monoisotopic (exact) mass is 353 g/mol. The van der Waals surface area contributed by atoms with E-state index in [1.807, 2.05) is 25.1 Å². The number of carboxylic acids is 1. The second-order valence-electron chi connectivity index (χ2n) is 5.68. The number of carbonyl (C=O) groups is 2. The first-order chi connectivity index (χ1) is 9.99. The van der Waals surface area contributed by atoms with Crippen molar-refractivity contribution in [1.29, 1.82) is 0 Å². The van der Waals surface area contributed by atoms with E-state index in [0.29, 0.717) is 30.9 Å². The van der Waals surface area contributed by atoms with Crippen LogP contribution in [-0.4, -0.2) is 23.5 Å². The first kappa shape index (κ1) is 16.0. The Balaban J connectivity index is 1.85. The summed E-state index contributed by atoms with van der Waals surface area (Å²) in [4.78, 5) is 23.1. The molecule has 0 heterocycles. The minimum absolute atomic E-state index is 0.0610. The van der Waals surface area contributed by atoms with E-state index in [-0.39, 0.29) is 11.8 Å². The molecule has 2 rings (SSSR count). The lowest BCUT2D eigenvalue weighted by molar-refractivity contribution is -0.143. The van der Waals surface area contributed by atoms with Crippen molar-refractivity contribution < 1.29 is 14.7 Å². The van der Waals surface area contributed by atoms with Gasteiger partial charge in [-0.05, 0) is 56.2 Å². The zero-order chi connectivity index (χ0) is 15.4. The quantitative estimate of drug-likeness (QED) is 0.871. The van der Waals surface area contributed by atoms with Gasteiger partial charge in [-0.25, -0.2) is 0 Å². The first-order valence-corrected chi connectivity index (χ1v) is 8.04. The van der Waals surface area contributed by atoms with Gasteiger partial charge in [0.15, 0.2) is 0 Å². The van der Waals surface area contributed by atoms with Crippen LogP contribution in [0.4, 0.5) is 0 Å². The molecule has 1 aromatic rings. The zero-order valence-electron chi connectivity index (χ0n) is 12.1. The van der Waals surface area contributed by atoms with E-state index >= 15 is 0 Å². The number of carboxylic acid groups (broad SMARTS) is 1. The number of nitrogens with one attached hydrogen (secondary N) is 1. The number of amides is 1. The number of rotatable bonds is 4. The van der Waals surface area contributed by atoms with E-state index in [4.69, 9.17) is 5.11 Å².